The van der Waals surface area contributed by atoms with E-state index in [2.05, 4.69) is 33.6 Å². The van der Waals surface area contributed by atoms with Crippen LogP contribution in [0, 0.1) is 14.9 Å². The number of carbonyl (C=O) groups is 1. The molecule has 0 aromatic carbocycles. The summed E-state index contributed by atoms with van der Waals surface area (Å²) in [5.41, 5.74) is 2.23. The third kappa shape index (κ3) is 4.63. The molecule has 0 bridgehead atoms. The fourth-order valence-electron chi connectivity index (χ4n) is 3.29. The van der Waals surface area contributed by atoms with Crippen LogP contribution >= 0.6 is 22.6 Å². The summed E-state index contributed by atoms with van der Waals surface area (Å²) < 4.78 is 8.45. The fraction of sp³-hybridized carbons (Fsp3) is 0.500. The Balaban J connectivity index is 1.79. The van der Waals surface area contributed by atoms with Crippen molar-refractivity contribution in [3.8, 4) is 17.3 Å². The zero-order valence-electron chi connectivity index (χ0n) is 16.4. The summed E-state index contributed by atoms with van der Waals surface area (Å²) >= 11 is 2.27. The number of likely N-dealkylation sites (tertiary alicyclic amines) is 1. The number of pyridine rings is 1. The number of amides is 1. The van der Waals surface area contributed by atoms with E-state index in [1.165, 1.54) is 0 Å². The summed E-state index contributed by atoms with van der Waals surface area (Å²) in [5, 5.41) is 14.1. The Hall–Kier alpha value is -2.15. The van der Waals surface area contributed by atoms with E-state index in [-0.39, 0.29) is 12.1 Å². The number of nitriles is 1. The maximum Gasteiger partial charge on any atom is 0.410 e. The van der Waals surface area contributed by atoms with Crippen LogP contribution < -0.4 is 0 Å². The van der Waals surface area contributed by atoms with E-state index in [1.54, 1.807) is 17.3 Å². The summed E-state index contributed by atoms with van der Waals surface area (Å²) in [6.07, 6.45) is 5.11. The molecular weight excluding hydrogens is 469 g/mol. The lowest BCUT2D eigenvalue weighted by atomic mass is 10.1. The number of aromatic nitrogens is 3. The molecule has 1 saturated heterocycles. The third-order valence-corrected chi connectivity index (χ3v) is 5.72. The van der Waals surface area contributed by atoms with Gasteiger partial charge in [-0.05, 0) is 68.3 Å². The molecule has 0 saturated carbocycles. The van der Waals surface area contributed by atoms with Crippen molar-refractivity contribution in [3.63, 3.8) is 0 Å². The number of nitrogens with zero attached hydrogens (tertiary/aromatic N) is 5. The maximum absolute atomic E-state index is 12.3. The topological polar surface area (TPSA) is 84.0 Å². The van der Waals surface area contributed by atoms with Crippen LogP contribution in [-0.2, 0) is 11.2 Å². The van der Waals surface area contributed by atoms with Gasteiger partial charge >= 0.3 is 6.09 Å². The van der Waals surface area contributed by atoms with Crippen LogP contribution in [0.3, 0.4) is 0 Å². The lowest BCUT2D eigenvalue weighted by Gasteiger charge is -2.34. The van der Waals surface area contributed by atoms with Gasteiger partial charge in [0.15, 0.2) is 0 Å². The Morgan fingerprint density at radius 1 is 1.39 bits per heavy atom. The SMILES string of the molecule is CC(C)(C)OC(=O)N1CCC(n2nc(-c3cccnc3)c(I)c2CC#N)CC1. The van der Waals surface area contributed by atoms with Gasteiger partial charge in [0.25, 0.3) is 0 Å². The molecule has 0 unspecified atom stereocenters. The number of piperidine rings is 1. The Labute approximate surface area is 178 Å². The Morgan fingerprint density at radius 2 is 2.11 bits per heavy atom. The molecule has 1 amide bonds. The summed E-state index contributed by atoms with van der Waals surface area (Å²) in [6, 6.07) is 6.27. The van der Waals surface area contributed by atoms with Gasteiger partial charge < -0.3 is 9.64 Å². The lowest BCUT2D eigenvalue weighted by molar-refractivity contribution is 0.0184. The summed E-state index contributed by atoms with van der Waals surface area (Å²) in [4.78, 5) is 18.2. The van der Waals surface area contributed by atoms with E-state index in [4.69, 9.17) is 9.84 Å². The van der Waals surface area contributed by atoms with Gasteiger partial charge in [0, 0.05) is 31.0 Å². The molecule has 7 nitrogen and oxygen atoms in total. The van der Waals surface area contributed by atoms with Crippen molar-refractivity contribution in [2.45, 2.75) is 51.7 Å². The number of hydrogen-bond donors (Lipinski definition) is 0. The van der Waals surface area contributed by atoms with Gasteiger partial charge in [0.2, 0.25) is 0 Å². The van der Waals surface area contributed by atoms with Gasteiger partial charge in [-0.3, -0.25) is 9.67 Å². The first-order valence-electron chi connectivity index (χ1n) is 9.32. The van der Waals surface area contributed by atoms with Crippen LogP contribution in [0.25, 0.3) is 11.3 Å². The molecule has 0 spiro atoms. The Morgan fingerprint density at radius 3 is 2.68 bits per heavy atom. The quantitative estimate of drug-likeness (QED) is 0.599. The van der Waals surface area contributed by atoms with Crippen LogP contribution in [0.2, 0.25) is 0 Å². The lowest BCUT2D eigenvalue weighted by Crippen LogP contribution is -2.42. The molecule has 3 heterocycles. The van der Waals surface area contributed by atoms with Crippen molar-refractivity contribution < 1.29 is 9.53 Å². The van der Waals surface area contributed by atoms with E-state index in [0.29, 0.717) is 19.5 Å². The largest absolute Gasteiger partial charge is 0.444 e. The van der Waals surface area contributed by atoms with E-state index < -0.39 is 5.60 Å². The average Bonchev–Trinajstić information content (AvgIpc) is 2.98. The molecule has 28 heavy (non-hydrogen) atoms. The minimum atomic E-state index is -0.495. The highest BCUT2D eigenvalue weighted by atomic mass is 127. The molecule has 1 fully saturated rings. The number of hydrogen-bond acceptors (Lipinski definition) is 5. The molecule has 2 aromatic rings. The zero-order chi connectivity index (χ0) is 20.3. The predicted molar refractivity (Wildman–Crippen MR) is 114 cm³/mol. The zero-order valence-corrected chi connectivity index (χ0v) is 18.5. The summed E-state index contributed by atoms with van der Waals surface area (Å²) in [6.45, 7) is 6.85. The Bertz CT molecular complexity index is 874. The van der Waals surface area contributed by atoms with Crippen molar-refractivity contribution >= 4 is 28.7 Å². The van der Waals surface area contributed by atoms with Gasteiger partial charge in [-0.1, -0.05) is 0 Å². The fourth-order valence-corrected chi connectivity index (χ4v) is 4.15. The van der Waals surface area contributed by atoms with Gasteiger partial charge in [-0.2, -0.15) is 10.4 Å². The third-order valence-electron chi connectivity index (χ3n) is 4.59. The summed E-state index contributed by atoms with van der Waals surface area (Å²) in [7, 11) is 0. The first-order chi connectivity index (χ1) is 13.3. The molecule has 3 rings (SSSR count). The van der Waals surface area contributed by atoms with Crippen LogP contribution in [-0.4, -0.2) is 44.4 Å². The van der Waals surface area contributed by atoms with Crippen molar-refractivity contribution in [1.82, 2.24) is 19.7 Å². The van der Waals surface area contributed by atoms with Gasteiger partial charge in [-0.25, -0.2) is 4.79 Å². The monoisotopic (exact) mass is 493 g/mol. The molecule has 0 atom stereocenters. The molecule has 8 heteroatoms. The van der Waals surface area contributed by atoms with Gasteiger partial charge in [0.05, 0.1) is 27.8 Å². The number of rotatable bonds is 3. The van der Waals surface area contributed by atoms with Crippen molar-refractivity contribution in [3.05, 3.63) is 33.8 Å². The second-order valence-corrected chi connectivity index (χ2v) is 8.91. The van der Waals surface area contributed by atoms with Crippen LogP contribution in [0.1, 0.15) is 45.3 Å². The van der Waals surface area contributed by atoms with E-state index in [1.807, 2.05) is 37.6 Å². The number of halogens is 1. The van der Waals surface area contributed by atoms with Crippen molar-refractivity contribution in [2.24, 2.45) is 0 Å². The second kappa shape index (κ2) is 8.47. The van der Waals surface area contributed by atoms with E-state index in [0.717, 1.165) is 33.4 Å². The highest BCUT2D eigenvalue weighted by Gasteiger charge is 2.30. The molecular formula is C20H24IN5O2. The summed E-state index contributed by atoms with van der Waals surface area (Å²) in [5.74, 6) is 0. The number of ether oxygens (including phenoxy) is 1. The second-order valence-electron chi connectivity index (χ2n) is 7.83. The number of carbonyl (C=O) groups excluding carboxylic acids is 1. The molecule has 1 aliphatic rings. The predicted octanol–water partition coefficient (Wildman–Crippen LogP) is 4.19. The van der Waals surface area contributed by atoms with Crippen LogP contribution in [0.4, 0.5) is 4.79 Å². The molecule has 2 aromatic heterocycles. The van der Waals surface area contributed by atoms with Crippen LogP contribution in [0.15, 0.2) is 24.5 Å². The molecule has 0 N–H and O–H groups in total. The van der Waals surface area contributed by atoms with Gasteiger partial charge in [0.1, 0.15) is 11.3 Å². The molecule has 0 aliphatic carbocycles. The molecule has 0 radical (unpaired) electrons. The smallest absolute Gasteiger partial charge is 0.410 e. The van der Waals surface area contributed by atoms with Crippen molar-refractivity contribution in [2.75, 3.05) is 13.1 Å². The standard InChI is InChI=1S/C20H24IN5O2/c1-20(2,3)28-19(27)25-11-7-15(8-12-25)26-16(6-9-22)17(21)18(24-26)14-5-4-10-23-13-14/h4-5,10,13,15H,6-8,11-12H2,1-3H3. The van der Waals surface area contributed by atoms with E-state index >= 15 is 0 Å². The highest BCUT2D eigenvalue weighted by Crippen LogP contribution is 2.32. The normalized spacial score (nSPS) is 15.3. The van der Waals surface area contributed by atoms with Crippen LogP contribution in [0.5, 0.6) is 0 Å². The average molecular weight is 493 g/mol. The van der Waals surface area contributed by atoms with Crippen molar-refractivity contribution in [1.29, 1.82) is 5.26 Å². The maximum atomic E-state index is 12.3. The first-order valence-corrected chi connectivity index (χ1v) is 10.4. The van der Waals surface area contributed by atoms with E-state index in [9.17, 15) is 10.1 Å². The highest BCUT2D eigenvalue weighted by molar-refractivity contribution is 14.1. The first kappa shape index (κ1) is 20.6. The van der Waals surface area contributed by atoms with Gasteiger partial charge in [-0.15, -0.1) is 0 Å². The minimum Gasteiger partial charge on any atom is -0.444 e. The Kier molecular flexibility index (Phi) is 6.23. The molecule has 148 valence electrons. The molecule has 1 aliphatic heterocycles. The minimum absolute atomic E-state index is 0.154.